The second-order valence-corrected chi connectivity index (χ2v) is 4.83. The van der Waals surface area contributed by atoms with Crippen molar-refractivity contribution in [2.75, 3.05) is 11.9 Å². The smallest absolute Gasteiger partial charge is 0.368 e. The molecule has 1 aliphatic rings. The van der Waals surface area contributed by atoms with Gasteiger partial charge in [0.1, 0.15) is 6.10 Å². The SMILES string of the molecule is O=C(NCc1ccccc1NC(=O)C(F)(F)F)C1CCCO1. The normalized spacial score (nSPS) is 18.0. The standard InChI is InChI=1S/C14H15F3N2O3/c15-14(16,17)13(21)19-10-5-2-1-4-9(10)8-18-12(20)11-6-3-7-22-11/h1-2,4-5,11H,3,6-8H2,(H,18,20)(H,19,21). The molecule has 2 N–H and O–H groups in total. The van der Waals surface area contributed by atoms with Crippen LogP contribution in [-0.4, -0.2) is 30.7 Å². The molecule has 0 radical (unpaired) electrons. The Bertz CT molecular complexity index is 555. The van der Waals surface area contributed by atoms with Gasteiger partial charge in [0.05, 0.1) is 0 Å². The first-order valence-corrected chi connectivity index (χ1v) is 6.73. The minimum Gasteiger partial charge on any atom is -0.368 e. The first-order chi connectivity index (χ1) is 10.4. The highest BCUT2D eigenvalue weighted by Crippen LogP contribution is 2.21. The molecular weight excluding hydrogens is 301 g/mol. The molecule has 1 saturated heterocycles. The van der Waals surface area contributed by atoms with Crippen LogP contribution in [0.15, 0.2) is 24.3 Å². The number of benzene rings is 1. The van der Waals surface area contributed by atoms with Crippen molar-refractivity contribution in [1.82, 2.24) is 5.32 Å². The molecule has 8 heteroatoms. The molecule has 120 valence electrons. The summed E-state index contributed by atoms with van der Waals surface area (Å²) in [5.74, 6) is -2.36. The van der Waals surface area contributed by atoms with E-state index in [1.54, 1.807) is 11.4 Å². The number of ether oxygens (including phenoxy) is 1. The highest BCUT2D eigenvalue weighted by Gasteiger charge is 2.38. The van der Waals surface area contributed by atoms with Crippen LogP contribution < -0.4 is 10.6 Å². The summed E-state index contributed by atoms with van der Waals surface area (Å²) in [7, 11) is 0. The minimum atomic E-state index is -4.96. The number of carbonyl (C=O) groups is 2. The number of rotatable bonds is 4. The van der Waals surface area contributed by atoms with E-state index in [0.29, 0.717) is 18.6 Å². The Morgan fingerprint density at radius 3 is 2.64 bits per heavy atom. The Hall–Kier alpha value is -2.09. The van der Waals surface area contributed by atoms with Crippen LogP contribution in [0.5, 0.6) is 0 Å². The molecule has 0 saturated carbocycles. The molecule has 1 fully saturated rings. The van der Waals surface area contributed by atoms with Crippen LogP contribution in [0.1, 0.15) is 18.4 Å². The van der Waals surface area contributed by atoms with Crippen molar-refractivity contribution in [3.8, 4) is 0 Å². The van der Waals surface area contributed by atoms with Crippen LogP contribution >= 0.6 is 0 Å². The molecule has 22 heavy (non-hydrogen) atoms. The third-order valence-electron chi connectivity index (χ3n) is 3.20. The highest BCUT2D eigenvalue weighted by molar-refractivity contribution is 5.95. The predicted octanol–water partition coefficient (Wildman–Crippen LogP) is 1.98. The van der Waals surface area contributed by atoms with Crippen LogP contribution in [0.3, 0.4) is 0 Å². The van der Waals surface area contributed by atoms with E-state index in [2.05, 4.69) is 5.32 Å². The fourth-order valence-electron chi connectivity index (χ4n) is 2.07. The van der Waals surface area contributed by atoms with Crippen molar-refractivity contribution >= 4 is 17.5 Å². The van der Waals surface area contributed by atoms with E-state index >= 15 is 0 Å². The molecule has 2 amide bonds. The van der Waals surface area contributed by atoms with E-state index < -0.39 is 18.2 Å². The summed E-state index contributed by atoms with van der Waals surface area (Å²) in [5.41, 5.74) is 0.393. The quantitative estimate of drug-likeness (QED) is 0.892. The number of nitrogens with one attached hydrogen (secondary N) is 2. The van der Waals surface area contributed by atoms with Crippen molar-refractivity contribution in [3.63, 3.8) is 0 Å². The van der Waals surface area contributed by atoms with Crippen LogP contribution in [-0.2, 0) is 20.9 Å². The lowest BCUT2D eigenvalue weighted by Crippen LogP contribution is -2.34. The lowest BCUT2D eigenvalue weighted by Gasteiger charge is -2.14. The molecule has 0 bridgehead atoms. The van der Waals surface area contributed by atoms with Crippen molar-refractivity contribution < 1.29 is 27.5 Å². The number of carbonyl (C=O) groups excluding carboxylic acids is 2. The van der Waals surface area contributed by atoms with Gasteiger partial charge in [-0.2, -0.15) is 13.2 Å². The average Bonchev–Trinajstić information content (AvgIpc) is 2.99. The summed E-state index contributed by atoms with van der Waals surface area (Å²) in [6.07, 6.45) is -4.06. The Labute approximate surface area is 124 Å². The zero-order valence-corrected chi connectivity index (χ0v) is 11.6. The number of hydrogen-bond acceptors (Lipinski definition) is 3. The molecule has 0 aliphatic carbocycles. The van der Waals surface area contributed by atoms with Gasteiger partial charge < -0.3 is 15.4 Å². The fourth-order valence-corrected chi connectivity index (χ4v) is 2.07. The molecule has 1 atom stereocenters. The zero-order chi connectivity index (χ0) is 16.2. The maximum absolute atomic E-state index is 12.3. The van der Waals surface area contributed by atoms with Gasteiger partial charge in [-0.3, -0.25) is 9.59 Å². The first kappa shape index (κ1) is 16.3. The lowest BCUT2D eigenvalue weighted by molar-refractivity contribution is -0.167. The third kappa shape index (κ3) is 4.20. The van der Waals surface area contributed by atoms with Crippen LogP contribution in [0.25, 0.3) is 0 Å². The fraction of sp³-hybridized carbons (Fsp3) is 0.429. The second kappa shape index (κ2) is 6.78. The largest absolute Gasteiger partial charge is 0.471 e. The molecular formula is C14H15F3N2O3. The van der Waals surface area contributed by atoms with Crippen molar-refractivity contribution in [1.29, 1.82) is 0 Å². The van der Waals surface area contributed by atoms with E-state index in [9.17, 15) is 22.8 Å². The zero-order valence-electron chi connectivity index (χ0n) is 11.6. The van der Waals surface area contributed by atoms with Crippen LogP contribution in [0.4, 0.5) is 18.9 Å². The summed E-state index contributed by atoms with van der Waals surface area (Å²) in [5, 5.41) is 4.39. The average molecular weight is 316 g/mol. The molecule has 5 nitrogen and oxygen atoms in total. The maximum atomic E-state index is 12.3. The van der Waals surface area contributed by atoms with Crippen LogP contribution in [0.2, 0.25) is 0 Å². The summed E-state index contributed by atoms with van der Waals surface area (Å²) in [6.45, 7) is 0.531. The van der Waals surface area contributed by atoms with Gasteiger partial charge in [-0.05, 0) is 24.5 Å². The topological polar surface area (TPSA) is 67.4 Å². The van der Waals surface area contributed by atoms with E-state index in [1.807, 2.05) is 0 Å². The van der Waals surface area contributed by atoms with Crippen molar-refractivity contribution in [3.05, 3.63) is 29.8 Å². The molecule has 1 aromatic rings. The van der Waals surface area contributed by atoms with Crippen LogP contribution in [0, 0.1) is 0 Å². The van der Waals surface area contributed by atoms with Gasteiger partial charge in [-0.25, -0.2) is 0 Å². The monoisotopic (exact) mass is 316 g/mol. The van der Waals surface area contributed by atoms with Gasteiger partial charge in [-0.15, -0.1) is 0 Å². The summed E-state index contributed by atoms with van der Waals surface area (Å²) in [6, 6.07) is 5.98. The summed E-state index contributed by atoms with van der Waals surface area (Å²) >= 11 is 0. The summed E-state index contributed by atoms with van der Waals surface area (Å²) in [4.78, 5) is 22.8. The van der Waals surface area contributed by atoms with Gasteiger partial charge in [0.15, 0.2) is 0 Å². The Morgan fingerprint density at radius 2 is 2.00 bits per heavy atom. The maximum Gasteiger partial charge on any atom is 0.471 e. The predicted molar refractivity (Wildman–Crippen MR) is 71.9 cm³/mol. The number of alkyl halides is 3. The highest BCUT2D eigenvalue weighted by atomic mass is 19.4. The Kier molecular flexibility index (Phi) is 5.02. The number of amides is 2. The second-order valence-electron chi connectivity index (χ2n) is 4.83. The minimum absolute atomic E-state index is 0.00695. The van der Waals surface area contributed by atoms with E-state index in [4.69, 9.17) is 4.74 Å². The van der Waals surface area contributed by atoms with Gasteiger partial charge >= 0.3 is 12.1 Å². The van der Waals surface area contributed by atoms with Crippen molar-refractivity contribution in [2.24, 2.45) is 0 Å². The Morgan fingerprint density at radius 1 is 1.27 bits per heavy atom. The van der Waals surface area contributed by atoms with Gasteiger partial charge in [0.2, 0.25) is 5.91 Å². The van der Waals surface area contributed by atoms with Gasteiger partial charge in [0.25, 0.3) is 0 Å². The summed E-state index contributed by atoms with van der Waals surface area (Å²) < 4.78 is 42.1. The number of halogens is 3. The lowest BCUT2D eigenvalue weighted by atomic mass is 10.1. The number of anilines is 1. The Balaban J connectivity index is 1.99. The number of para-hydroxylation sites is 1. The molecule has 2 rings (SSSR count). The molecule has 1 aliphatic heterocycles. The molecule has 0 spiro atoms. The molecule has 1 heterocycles. The molecule has 1 aromatic carbocycles. The van der Waals surface area contributed by atoms with Gasteiger partial charge in [-0.1, -0.05) is 18.2 Å². The van der Waals surface area contributed by atoms with Crippen molar-refractivity contribution in [2.45, 2.75) is 31.7 Å². The first-order valence-electron chi connectivity index (χ1n) is 6.73. The van der Waals surface area contributed by atoms with Gasteiger partial charge in [0, 0.05) is 18.8 Å². The van der Waals surface area contributed by atoms with E-state index in [1.165, 1.54) is 18.2 Å². The van der Waals surface area contributed by atoms with E-state index in [-0.39, 0.29) is 18.1 Å². The van der Waals surface area contributed by atoms with E-state index in [0.717, 1.165) is 6.42 Å². The number of hydrogen-bond donors (Lipinski definition) is 2. The molecule has 0 aromatic heterocycles. The third-order valence-corrected chi connectivity index (χ3v) is 3.20. The molecule has 1 unspecified atom stereocenters.